The fraction of sp³-hybridized carbons (Fsp3) is 0.333. The first kappa shape index (κ1) is 12.5. The number of benzene rings is 1. The fourth-order valence-electron chi connectivity index (χ4n) is 1.72. The van der Waals surface area contributed by atoms with E-state index in [-0.39, 0.29) is 6.04 Å². The summed E-state index contributed by atoms with van der Waals surface area (Å²) in [7, 11) is 0. The second kappa shape index (κ2) is 5.62. The van der Waals surface area contributed by atoms with Crippen LogP contribution in [0.2, 0.25) is 0 Å². The average molecular weight is 265 g/mol. The van der Waals surface area contributed by atoms with E-state index in [1.807, 2.05) is 0 Å². The molecule has 17 heavy (non-hydrogen) atoms. The van der Waals surface area contributed by atoms with Gasteiger partial charge >= 0.3 is 0 Å². The molecule has 0 radical (unpaired) electrons. The predicted octanol–water partition coefficient (Wildman–Crippen LogP) is 2.95. The molecule has 2 N–H and O–H groups in total. The molecule has 1 aromatic heterocycles. The number of hydrogen-bond donors (Lipinski definition) is 1. The van der Waals surface area contributed by atoms with Crippen LogP contribution >= 0.6 is 23.1 Å². The van der Waals surface area contributed by atoms with Crippen molar-refractivity contribution in [2.24, 2.45) is 5.73 Å². The third-order valence-electron chi connectivity index (χ3n) is 2.55. The van der Waals surface area contributed by atoms with Crippen molar-refractivity contribution >= 4 is 23.1 Å². The molecule has 90 valence electrons. The van der Waals surface area contributed by atoms with Crippen LogP contribution in [0, 0.1) is 13.8 Å². The van der Waals surface area contributed by atoms with Gasteiger partial charge in [-0.15, -0.1) is 10.2 Å². The molecule has 3 nitrogen and oxygen atoms in total. The van der Waals surface area contributed by atoms with Crippen molar-refractivity contribution in [2.45, 2.75) is 24.2 Å². The van der Waals surface area contributed by atoms with Gasteiger partial charge in [0.25, 0.3) is 0 Å². The van der Waals surface area contributed by atoms with Gasteiger partial charge in [0.1, 0.15) is 5.51 Å². The second-order valence-corrected chi connectivity index (χ2v) is 6.08. The van der Waals surface area contributed by atoms with E-state index in [9.17, 15) is 0 Å². The first-order chi connectivity index (χ1) is 8.16. The lowest BCUT2D eigenvalue weighted by Crippen LogP contribution is -2.14. The molecule has 0 spiro atoms. The van der Waals surface area contributed by atoms with Crippen LogP contribution in [-0.2, 0) is 0 Å². The summed E-state index contributed by atoms with van der Waals surface area (Å²) in [5.41, 5.74) is 11.7. The Balaban J connectivity index is 2.01. The molecule has 0 amide bonds. The normalized spacial score (nSPS) is 12.6. The topological polar surface area (TPSA) is 51.8 Å². The molecule has 2 rings (SSSR count). The number of rotatable bonds is 4. The highest BCUT2D eigenvalue weighted by Crippen LogP contribution is 2.25. The van der Waals surface area contributed by atoms with E-state index in [0.717, 1.165) is 10.1 Å². The van der Waals surface area contributed by atoms with Crippen LogP contribution in [0.3, 0.4) is 0 Å². The number of aryl methyl sites for hydroxylation is 2. The molecule has 0 fully saturated rings. The minimum atomic E-state index is 0.0458. The summed E-state index contributed by atoms with van der Waals surface area (Å²) >= 11 is 3.21. The van der Waals surface area contributed by atoms with Gasteiger partial charge < -0.3 is 5.73 Å². The van der Waals surface area contributed by atoms with Gasteiger partial charge in [-0.3, -0.25) is 0 Å². The summed E-state index contributed by atoms with van der Waals surface area (Å²) in [5.74, 6) is 0.832. The molecule has 1 heterocycles. The van der Waals surface area contributed by atoms with E-state index in [0.29, 0.717) is 0 Å². The maximum atomic E-state index is 6.20. The Morgan fingerprint density at radius 1 is 1.41 bits per heavy atom. The number of aromatic nitrogens is 2. The first-order valence-corrected chi connectivity index (χ1v) is 7.25. The Morgan fingerprint density at radius 3 is 2.88 bits per heavy atom. The number of nitrogens with zero attached hydrogens (tertiary/aromatic N) is 2. The van der Waals surface area contributed by atoms with Crippen molar-refractivity contribution in [3.8, 4) is 0 Å². The molecule has 2 aromatic rings. The van der Waals surface area contributed by atoms with Crippen molar-refractivity contribution in [3.05, 3.63) is 40.4 Å². The van der Waals surface area contributed by atoms with Crippen molar-refractivity contribution in [3.63, 3.8) is 0 Å². The zero-order chi connectivity index (χ0) is 12.3. The fourth-order valence-corrected chi connectivity index (χ4v) is 3.21. The van der Waals surface area contributed by atoms with E-state index in [1.165, 1.54) is 16.7 Å². The van der Waals surface area contributed by atoms with Crippen LogP contribution in [0.5, 0.6) is 0 Å². The average Bonchev–Trinajstić information content (AvgIpc) is 2.78. The van der Waals surface area contributed by atoms with Gasteiger partial charge in [0.05, 0.1) is 0 Å². The number of thioether (sulfide) groups is 1. The zero-order valence-electron chi connectivity index (χ0n) is 9.88. The molecule has 0 aliphatic rings. The maximum absolute atomic E-state index is 6.20. The first-order valence-electron chi connectivity index (χ1n) is 5.38. The van der Waals surface area contributed by atoms with Gasteiger partial charge in [0.2, 0.25) is 0 Å². The van der Waals surface area contributed by atoms with Gasteiger partial charge in [-0.05, 0) is 25.0 Å². The molecular formula is C12H15N3S2. The third-order valence-corrected chi connectivity index (χ3v) is 4.53. The smallest absolute Gasteiger partial charge is 0.174 e. The minimum Gasteiger partial charge on any atom is -0.323 e. The molecule has 0 saturated carbocycles. The van der Waals surface area contributed by atoms with E-state index in [4.69, 9.17) is 5.73 Å². The van der Waals surface area contributed by atoms with Crippen molar-refractivity contribution in [2.75, 3.05) is 5.75 Å². The maximum Gasteiger partial charge on any atom is 0.174 e. The second-order valence-electron chi connectivity index (χ2n) is 3.98. The summed E-state index contributed by atoms with van der Waals surface area (Å²) in [6, 6.07) is 6.45. The van der Waals surface area contributed by atoms with Gasteiger partial charge in [-0.25, -0.2) is 0 Å². The molecule has 1 unspecified atom stereocenters. The SMILES string of the molecule is Cc1ccc(C(N)CSc2nncs2)c(C)c1. The molecule has 0 saturated heterocycles. The summed E-state index contributed by atoms with van der Waals surface area (Å²) < 4.78 is 0.977. The van der Waals surface area contributed by atoms with Crippen LogP contribution < -0.4 is 5.73 Å². The van der Waals surface area contributed by atoms with Gasteiger partial charge in [0.15, 0.2) is 4.34 Å². The highest BCUT2D eigenvalue weighted by atomic mass is 32.2. The highest BCUT2D eigenvalue weighted by Gasteiger charge is 2.10. The lowest BCUT2D eigenvalue weighted by Gasteiger charge is -2.14. The summed E-state index contributed by atoms with van der Waals surface area (Å²) in [5, 5.41) is 7.80. The Hall–Kier alpha value is -0.910. The van der Waals surface area contributed by atoms with Crippen LogP contribution in [-0.4, -0.2) is 16.0 Å². The largest absolute Gasteiger partial charge is 0.323 e. The lowest BCUT2D eigenvalue weighted by molar-refractivity contribution is 0.821. The Bertz CT molecular complexity index is 483. The highest BCUT2D eigenvalue weighted by molar-refractivity contribution is 8.01. The van der Waals surface area contributed by atoms with Crippen LogP contribution in [0.25, 0.3) is 0 Å². The summed E-state index contributed by atoms with van der Waals surface area (Å²) in [6.07, 6.45) is 0. The Kier molecular flexibility index (Phi) is 4.15. The monoisotopic (exact) mass is 265 g/mol. The zero-order valence-corrected chi connectivity index (χ0v) is 11.5. The van der Waals surface area contributed by atoms with Gasteiger partial charge in [-0.2, -0.15) is 0 Å². The van der Waals surface area contributed by atoms with E-state index < -0.39 is 0 Å². The lowest BCUT2D eigenvalue weighted by atomic mass is 10.0. The molecule has 0 aliphatic carbocycles. The molecule has 5 heteroatoms. The predicted molar refractivity (Wildman–Crippen MR) is 73.5 cm³/mol. The van der Waals surface area contributed by atoms with Crippen LogP contribution in [0.15, 0.2) is 28.0 Å². The molecule has 0 aliphatic heterocycles. The quantitative estimate of drug-likeness (QED) is 0.864. The van der Waals surface area contributed by atoms with E-state index in [1.54, 1.807) is 28.6 Å². The van der Waals surface area contributed by atoms with Crippen LogP contribution in [0.1, 0.15) is 22.7 Å². The summed E-state index contributed by atoms with van der Waals surface area (Å²) in [6.45, 7) is 4.20. The van der Waals surface area contributed by atoms with Crippen molar-refractivity contribution in [1.82, 2.24) is 10.2 Å². The molecule has 1 aromatic carbocycles. The van der Waals surface area contributed by atoms with Crippen LogP contribution in [0.4, 0.5) is 0 Å². The standard InChI is InChI=1S/C12H15N3S2/c1-8-3-4-10(9(2)5-8)11(13)6-16-12-15-14-7-17-12/h3-5,7,11H,6,13H2,1-2H3. The molecular weight excluding hydrogens is 250 g/mol. The number of hydrogen-bond acceptors (Lipinski definition) is 5. The van der Waals surface area contributed by atoms with Gasteiger partial charge in [0, 0.05) is 11.8 Å². The Morgan fingerprint density at radius 2 is 2.24 bits per heavy atom. The Labute approximate surface area is 109 Å². The third kappa shape index (κ3) is 3.28. The number of nitrogens with two attached hydrogens (primary N) is 1. The minimum absolute atomic E-state index is 0.0458. The van der Waals surface area contributed by atoms with Gasteiger partial charge in [-0.1, -0.05) is 46.9 Å². The van der Waals surface area contributed by atoms with Crippen molar-refractivity contribution in [1.29, 1.82) is 0 Å². The molecule has 0 bridgehead atoms. The van der Waals surface area contributed by atoms with Crippen molar-refractivity contribution < 1.29 is 0 Å². The molecule has 1 atom stereocenters. The summed E-state index contributed by atoms with van der Waals surface area (Å²) in [4.78, 5) is 0. The van der Waals surface area contributed by atoms with E-state index >= 15 is 0 Å². The van der Waals surface area contributed by atoms with E-state index in [2.05, 4.69) is 42.2 Å².